The number of rotatable bonds is 4. The highest BCUT2D eigenvalue weighted by atomic mass is 35.5. The number of halogens is 2. The lowest BCUT2D eigenvalue weighted by Gasteiger charge is -2.24. The standard InChI is InChI=1S/C21H21ClFNO.C8H11N.C6H14.C4H10.C2H4O.C2H6/c1-5-20(25)13-8-14-15(21(2,3)4)11-18(24-19(14)10-13)12-6-7-16(22)17(23)9-12;1-6-4-7(2)8(3)9-5-6;1-5-6(2,3)4;1-3-4-2;1-2-3;1-2/h6-7,9-11H,5,8H2,1-4H3;4-5H,1-3H3;5H2,1-4H3;3-4H2,1-2H3;2H,1H3;1-2H3. The molecule has 6 heteroatoms. The van der Waals surface area contributed by atoms with Gasteiger partial charge in [0, 0.05) is 35.9 Å². The molecule has 4 rings (SSSR count). The summed E-state index contributed by atoms with van der Waals surface area (Å²) < 4.78 is 13.9. The van der Waals surface area contributed by atoms with Gasteiger partial charge in [0.1, 0.15) is 12.1 Å². The minimum absolute atomic E-state index is 0.0941. The lowest BCUT2D eigenvalue weighted by atomic mass is 9.82. The van der Waals surface area contributed by atoms with Crippen molar-refractivity contribution >= 4 is 29.7 Å². The van der Waals surface area contributed by atoms with Gasteiger partial charge in [0.05, 0.1) is 16.4 Å². The Morgan fingerprint density at radius 1 is 0.939 bits per heavy atom. The average Bonchev–Trinajstić information content (AvgIpc) is 3.49. The van der Waals surface area contributed by atoms with Gasteiger partial charge in [0.2, 0.25) is 0 Å². The molecule has 0 radical (unpaired) electrons. The Labute approximate surface area is 304 Å². The molecule has 0 aliphatic heterocycles. The average molecular weight is 697 g/mol. The van der Waals surface area contributed by atoms with E-state index in [9.17, 15) is 9.18 Å². The van der Waals surface area contributed by atoms with Crippen LogP contribution < -0.4 is 0 Å². The van der Waals surface area contributed by atoms with E-state index >= 15 is 0 Å². The Bertz CT molecular complexity index is 1460. The van der Waals surface area contributed by atoms with E-state index in [-0.39, 0.29) is 16.2 Å². The van der Waals surface area contributed by atoms with Crippen LogP contribution in [0.4, 0.5) is 4.39 Å². The zero-order chi connectivity index (χ0) is 38.5. The highest BCUT2D eigenvalue weighted by molar-refractivity contribution is 6.30. The molecule has 0 atom stereocenters. The maximum absolute atomic E-state index is 13.9. The number of Topliss-reactive ketones (excluding diaryl/α,β-unsaturated/α-hetero) is 1. The van der Waals surface area contributed by atoms with Crippen molar-refractivity contribution in [1.82, 2.24) is 9.97 Å². The summed E-state index contributed by atoms with van der Waals surface area (Å²) in [6, 6.07) is 8.86. The number of aryl methyl sites for hydroxylation is 3. The normalized spacial score (nSPS) is 11.2. The Hall–Kier alpha value is -3.18. The number of fused-ring (bicyclic) bond motifs is 1. The number of hydrogen-bond donors (Lipinski definition) is 0. The first-order chi connectivity index (χ1) is 22.8. The van der Waals surface area contributed by atoms with E-state index in [1.807, 2.05) is 46.0 Å². The van der Waals surface area contributed by atoms with Crippen LogP contribution in [0.25, 0.3) is 17.3 Å². The molecule has 0 spiro atoms. The minimum Gasteiger partial charge on any atom is -0.304 e. The largest absolute Gasteiger partial charge is 0.304 e. The number of aromatic nitrogens is 2. The second-order valence-electron chi connectivity index (χ2n) is 14.0. The van der Waals surface area contributed by atoms with Gasteiger partial charge in [-0.1, -0.05) is 126 Å². The van der Waals surface area contributed by atoms with Gasteiger partial charge >= 0.3 is 0 Å². The summed E-state index contributed by atoms with van der Waals surface area (Å²) in [4.78, 5) is 29.8. The van der Waals surface area contributed by atoms with Crippen LogP contribution in [0.5, 0.6) is 0 Å². The summed E-state index contributed by atoms with van der Waals surface area (Å²) in [5.74, 6) is -0.312. The topological polar surface area (TPSA) is 59.9 Å². The second kappa shape index (κ2) is 24.1. The Balaban J connectivity index is 0. The summed E-state index contributed by atoms with van der Waals surface area (Å²) in [6.07, 6.45) is 9.54. The third kappa shape index (κ3) is 18.4. The molecule has 0 unspecified atom stereocenters. The van der Waals surface area contributed by atoms with Gasteiger partial charge in [-0.25, -0.2) is 9.37 Å². The quantitative estimate of drug-likeness (QED) is 0.255. The van der Waals surface area contributed by atoms with Crippen LogP contribution in [0.2, 0.25) is 5.02 Å². The summed E-state index contributed by atoms with van der Waals surface area (Å²) in [7, 11) is 0. The molecule has 0 fully saturated rings. The third-order valence-electron chi connectivity index (χ3n) is 7.57. The maximum atomic E-state index is 13.9. The highest BCUT2D eigenvalue weighted by Crippen LogP contribution is 2.37. The third-order valence-corrected chi connectivity index (χ3v) is 7.88. The molecule has 0 amide bonds. The SMILES string of the molecule is CC.CC=O.CCC(=O)C1=Cc2nc(-c3ccc(Cl)c(F)c3)cc(C(C)(C)C)c2C1.CCC(C)(C)C.CCCC.Cc1cnc(C)c(C)c1. The van der Waals surface area contributed by atoms with E-state index in [1.165, 1.54) is 43.4 Å². The van der Waals surface area contributed by atoms with Crippen LogP contribution in [0.15, 0.2) is 42.1 Å². The first kappa shape index (κ1) is 47.9. The Morgan fingerprint density at radius 3 is 1.86 bits per heavy atom. The van der Waals surface area contributed by atoms with Gasteiger partial charge in [0.25, 0.3) is 0 Å². The summed E-state index contributed by atoms with van der Waals surface area (Å²) >= 11 is 5.79. The minimum atomic E-state index is -0.462. The smallest absolute Gasteiger partial charge is 0.159 e. The molecular weight excluding hydrogens is 631 g/mol. The van der Waals surface area contributed by atoms with Gasteiger partial charge in [-0.3, -0.25) is 9.78 Å². The first-order valence-corrected chi connectivity index (χ1v) is 18.2. The van der Waals surface area contributed by atoms with Crippen molar-refractivity contribution in [3.8, 4) is 11.3 Å². The number of carbonyl (C=O) groups is 2. The van der Waals surface area contributed by atoms with Gasteiger partial charge in [-0.2, -0.15) is 0 Å². The summed E-state index contributed by atoms with van der Waals surface area (Å²) in [5, 5.41) is 0.0941. The van der Waals surface area contributed by atoms with E-state index in [4.69, 9.17) is 21.4 Å². The molecule has 2 heterocycles. The Morgan fingerprint density at radius 2 is 1.47 bits per heavy atom. The lowest BCUT2D eigenvalue weighted by Crippen LogP contribution is -2.16. The van der Waals surface area contributed by atoms with Gasteiger partial charge in [-0.15, -0.1) is 0 Å². The maximum Gasteiger partial charge on any atom is 0.159 e. The number of carbonyl (C=O) groups excluding carboxylic acids is 2. The molecule has 0 saturated carbocycles. The molecule has 1 aliphatic rings. The van der Waals surface area contributed by atoms with Gasteiger partial charge in [-0.05, 0) is 85.1 Å². The zero-order valence-corrected chi connectivity index (χ0v) is 34.4. The van der Waals surface area contributed by atoms with Crippen molar-refractivity contribution in [2.24, 2.45) is 5.41 Å². The molecule has 0 bridgehead atoms. The van der Waals surface area contributed by atoms with Crippen LogP contribution in [0, 0.1) is 32.0 Å². The number of allylic oxidation sites excluding steroid dienone is 1. The van der Waals surface area contributed by atoms with Gasteiger partial charge in [0.15, 0.2) is 5.78 Å². The fourth-order valence-corrected chi connectivity index (χ4v) is 4.08. The number of pyridine rings is 2. The fraction of sp³-hybridized carbons (Fsp3) is 0.535. The molecule has 49 heavy (non-hydrogen) atoms. The fourth-order valence-electron chi connectivity index (χ4n) is 3.97. The lowest BCUT2D eigenvalue weighted by molar-refractivity contribution is -0.115. The number of aldehydes is 1. The van der Waals surface area contributed by atoms with Crippen molar-refractivity contribution in [3.05, 3.63) is 86.6 Å². The number of ketones is 1. The number of unbranched alkanes of at least 4 members (excludes halogenated alkanes) is 1. The first-order valence-electron chi connectivity index (χ1n) is 17.8. The van der Waals surface area contributed by atoms with E-state index in [0.717, 1.165) is 34.4 Å². The van der Waals surface area contributed by atoms with E-state index < -0.39 is 5.82 Å². The Kier molecular flexibility index (Phi) is 23.5. The second-order valence-corrected chi connectivity index (χ2v) is 14.4. The monoisotopic (exact) mass is 696 g/mol. The predicted molar refractivity (Wildman–Crippen MR) is 212 cm³/mol. The van der Waals surface area contributed by atoms with Crippen LogP contribution in [-0.2, 0) is 21.4 Å². The van der Waals surface area contributed by atoms with Crippen molar-refractivity contribution in [2.45, 2.75) is 148 Å². The summed E-state index contributed by atoms with van der Waals surface area (Å²) in [6.45, 7) is 33.2. The number of hydrogen-bond acceptors (Lipinski definition) is 4. The van der Waals surface area contributed by atoms with Crippen LogP contribution in [-0.4, -0.2) is 22.0 Å². The van der Waals surface area contributed by atoms with Crippen molar-refractivity contribution in [3.63, 3.8) is 0 Å². The van der Waals surface area contributed by atoms with Crippen LogP contribution >= 0.6 is 11.6 Å². The molecule has 3 aromatic rings. The number of nitrogens with zero attached hydrogens (tertiary/aromatic N) is 2. The molecule has 4 nitrogen and oxygen atoms in total. The molecule has 2 aromatic heterocycles. The number of benzene rings is 1. The zero-order valence-electron chi connectivity index (χ0n) is 33.6. The van der Waals surface area contributed by atoms with E-state index in [0.29, 0.717) is 29.5 Å². The van der Waals surface area contributed by atoms with Crippen LogP contribution in [0.3, 0.4) is 0 Å². The van der Waals surface area contributed by atoms with Crippen molar-refractivity contribution < 1.29 is 14.0 Å². The molecular formula is C43H66ClFN2O2. The molecule has 0 N–H and O–H groups in total. The highest BCUT2D eigenvalue weighted by Gasteiger charge is 2.27. The van der Waals surface area contributed by atoms with Crippen molar-refractivity contribution in [1.29, 1.82) is 0 Å². The molecule has 0 saturated heterocycles. The molecule has 274 valence electrons. The van der Waals surface area contributed by atoms with Crippen LogP contribution in [0.1, 0.15) is 149 Å². The molecule has 1 aliphatic carbocycles. The van der Waals surface area contributed by atoms with Crippen molar-refractivity contribution in [2.75, 3.05) is 0 Å². The van der Waals surface area contributed by atoms with E-state index in [1.54, 1.807) is 12.1 Å². The summed E-state index contributed by atoms with van der Waals surface area (Å²) in [5.41, 5.74) is 9.30. The van der Waals surface area contributed by atoms with Gasteiger partial charge < -0.3 is 4.79 Å². The molecule has 1 aromatic carbocycles. The predicted octanol–water partition coefficient (Wildman–Crippen LogP) is 13.2. The van der Waals surface area contributed by atoms with E-state index in [2.05, 4.69) is 87.2 Å².